The summed E-state index contributed by atoms with van der Waals surface area (Å²) in [6, 6.07) is 20.5. The fourth-order valence-electron chi connectivity index (χ4n) is 3.71. The van der Waals surface area contributed by atoms with Crippen LogP contribution in [0.4, 0.5) is 5.69 Å². The first-order valence-electron chi connectivity index (χ1n) is 8.63. The van der Waals surface area contributed by atoms with Crippen LogP contribution in [0.25, 0.3) is 33.0 Å². The average Bonchev–Trinajstić information content (AvgIpc) is 3.02. The number of fused-ring (bicyclic) bond motifs is 1. The molecule has 0 radical (unpaired) electrons. The monoisotopic (exact) mass is 337 g/mol. The van der Waals surface area contributed by atoms with E-state index in [-0.39, 0.29) is 0 Å². The maximum Gasteiger partial charge on any atom is 0.195 e. The van der Waals surface area contributed by atoms with Crippen LogP contribution in [0, 0.1) is 27.3 Å². The van der Waals surface area contributed by atoms with Crippen LogP contribution >= 0.6 is 0 Å². The standard InChI is InChI=1S/C23H19N3/c1-15-14-16(2)22(17(3)21(15)24-4)26-20-13-9-8-12-19(20)25-23(26)18-10-6-5-7-11-18/h5-14H,1-3H3. The normalized spacial score (nSPS) is 10.8. The third-order valence-corrected chi connectivity index (χ3v) is 4.82. The van der Waals surface area contributed by atoms with Gasteiger partial charge in [-0.05, 0) is 49.6 Å². The van der Waals surface area contributed by atoms with Gasteiger partial charge in [-0.25, -0.2) is 9.83 Å². The van der Waals surface area contributed by atoms with Gasteiger partial charge in [0.15, 0.2) is 5.69 Å². The Balaban J connectivity index is 2.15. The van der Waals surface area contributed by atoms with Crippen LogP contribution in [0.3, 0.4) is 0 Å². The van der Waals surface area contributed by atoms with Crippen molar-refractivity contribution in [3.8, 4) is 17.1 Å². The van der Waals surface area contributed by atoms with E-state index >= 15 is 0 Å². The Morgan fingerprint density at radius 3 is 2.31 bits per heavy atom. The summed E-state index contributed by atoms with van der Waals surface area (Å²) in [5.41, 5.74) is 8.01. The van der Waals surface area contributed by atoms with Crippen LogP contribution in [0.15, 0.2) is 60.7 Å². The van der Waals surface area contributed by atoms with Crippen LogP contribution in [0.2, 0.25) is 0 Å². The second-order valence-corrected chi connectivity index (χ2v) is 6.57. The molecule has 0 atom stereocenters. The number of aromatic nitrogens is 2. The Hall–Kier alpha value is -3.38. The van der Waals surface area contributed by atoms with Gasteiger partial charge in [0.2, 0.25) is 0 Å². The zero-order chi connectivity index (χ0) is 18.3. The van der Waals surface area contributed by atoms with E-state index in [2.05, 4.69) is 40.6 Å². The maximum absolute atomic E-state index is 7.60. The minimum atomic E-state index is 0.724. The SMILES string of the molecule is [C-]#[N+]c1c(C)cc(C)c(-n2c(-c3ccccc3)nc3ccccc32)c1C. The molecule has 3 nitrogen and oxygen atoms in total. The van der Waals surface area contributed by atoms with Gasteiger partial charge in [0.05, 0.1) is 17.6 Å². The first-order valence-corrected chi connectivity index (χ1v) is 8.63. The van der Waals surface area contributed by atoms with Crippen LogP contribution in [-0.4, -0.2) is 9.55 Å². The van der Waals surface area contributed by atoms with Gasteiger partial charge in [0.1, 0.15) is 5.82 Å². The molecule has 0 amide bonds. The summed E-state index contributed by atoms with van der Waals surface area (Å²) in [5, 5.41) is 0. The largest absolute Gasteiger partial charge is 0.293 e. The molecule has 0 unspecified atom stereocenters. The molecule has 0 saturated heterocycles. The lowest BCUT2D eigenvalue weighted by atomic mass is 10.0. The first-order chi connectivity index (χ1) is 12.6. The van der Waals surface area contributed by atoms with Gasteiger partial charge >= 0.3 is 0 Å². The molecule has 0 saturated carbocycles. The lowest BCUT2D eigenvalue weighted by molar-refractivity contribution is 1.06. The van der Waals surface area contributed by atoms with Crippen LogP contribution in [0.1, 0.15) is 16.7 Å². The smallest absolute Gasteiger partial charge is 0.195 e. The first kappa shape index (κ1) is 16.1. The summed E-state index contributed by atoms with van der Waals surface area (Å²) >= 11 is 0. The van der Waals surface area contributed by atoms with E-state index in [1.165, 1.54) is 0 Å². The maximum atomic E-state index is 7.60. The molecule has 4 aromatic rings. The number of nitrogens with zero attached hydrogens (tertiary/aromatic N) is 3. The molecule has 0 bridgehead atoms. The molecule has 1 aromatic heterocycles. The van der Waals surface area contributed by atoms with Gasteiger partial charge in [-0.3, -0.25) is 4.57 Å². The lowest BCUT2D eigenvalue weighted by Gasteiger charge is -2.18. The van der Waals surface area contributed by atoms with E-state index in [0.29, 0.717) is 0 Å². The van der Waals surface area contributed by atoms with Crippen molar-refractivity contribution in [3.05, 3.63) is 88.8 Å². The Morgan fingerprint density at radius 2 is 1.58 bits per heavy atom. The van der Waals surface area contributed by atoms with Crippen LogP contribution in [0.5, 0.6) is 0 Å². The summed E-state index contributed by atoms with van der Waals surface area (Å²) in [7, 11) is 0. The molecule has 0 aliphatic rings. The molecular formula is C23H19N3. The van der Waals surface area contributed by atoms with E-state index in [4.69, 9.17) is 11.6 Å². The zero-order valence-corrected chi connectivity index (χ0v) is 15.1. The molecule has 0 aliphatic heterocycles. The minimum absolute atomic E-state index is 0.724. The quantitative estimate of drug-likeness (QED) is 0.401. The molecule has 0 spiro atoms. The molecular weight excluding hydrogens is 318 g/mol. The van der Waals surface area contributed by atoms with Crippen molar-refractivity contribution >= 4 is 16.7 Å². The number of rotatable bonds is 2. The molecule has 0 N–H and O–H groups in total. The second-order valence-electron chi connectivity index (χ2n) is 6.57. The fraction of sp³-hybridized carbons (Fsp3) is 0.130. The van der Waals surface area contributed by atoms with Crippen molar-refractivity contribution in [2.24, 2.45) is 0 Å². The van der Waals surface area contributed by atoms with E-state index in [0.717, 1.165) is 50.5 Å². The third kappa shape index (κ3) is 2.39. The summed E-state index contributed by atoms with van der Waals surface area (Å²) in [4.78, 5) is 8.68. The lowest BCUT2D eigenvalue weighted by Crippen LogP contribution is -2.03. The molecule has 1 heterocycles. The van der Waals surface area contributed by atoms with Crippen molar-refractivity contribution in [1.29, 1.82) is 0 Å². The van der Waals surface area contributed by atoms with Crippen molar-refractivity contribution in [2.75, 3.05) is 0 Å². The van der Waals surface area contributed by atoms with E-state index in [9.17, 15) is 0 Å². The zero-order valence-electron chi connectivity index (χ0n) is 15.1. The van der Waals surface area contributed by atoms with E-state index in [1.54, 1.807) is 0 Å². The summed E-state index contributed by atoms with van der Waals surface area (Å²) < 4.78 is 2.20. The minimum Gasteiger partial charge on any atom is -0.293 e. The van der Waals surface area contributed by atoms with Gasteiger partial charge in [-0.2, -0.15) is 0 Å². The molecule has 4 rings (SSSR count). The highest BCUT2D eigenvalue weighted by atomic mass is 15.1. The predicted molar refractivity (Wildman–Crippen MR) is 107 cm³/mol. The summed E-state index contributed by atoms with van der Waals surface area (Å²) in [5.74, 6) is 0.901. The van der Waals surface area contributed by atoms with Gasteiger partial charge in [0.25, 0.3) is 0 Å². The Labute approximate surface area is 153 Å². The molecule has 0 aliphatic carbocycles. The number of benzene rings is 3. The van der Waals surface area contributed by atoms with Crippen molar-refractivity contribution < 1.29 is 0 Å². The number of imidazole rings is 1. The number of aryl methyl sites for hydroxylation is 2. The molecule has 3 aromatic carbocycles. The summed E-state index contributed by atoms with van der Waals surface area (Å²) in [6.45, 7) is 13.7. The average molecular weight is 337 g/mol. The number of para-hydroxylation sites is 2. The van der Waals surface area contributed by atoms with Crippen LogP contribution in [-0.2, 0) is 0 Å². The predicted octanol–water partition coefficient (Wildman–Crippen LogP) is 6.17. The van der Waals surface area contributed by atoms with Gasteiger partial charge in [-0.15, -0.1) is 0 Å². The molecule has 0 fully saturated rings. The Bertz CT molecular complexity index is 1160. The molecule has 3 heteroatoms. The topological polar surface area (TPSA) is 22.2 Å². The van der Waals surface area contributed by atoms with Crippen molar-refractivity contribution in [1.82, 2.24) is 9.55 Å². The Kier molecular flexibility index (Phi) is 3.82. The second kappa shape index (κ2) is 6.16. The van der Waals surface area contributed by atoms with Gasteiger partial charge < -0.3 is 0 Å². The third-order valence-electron chi connectivity index (χ3n) is 4.82. The van der Waals surface area contributed by atoms with Crippen LogP contribution < -0.4 is 0 Å². The van der Waals surface area contributed by atoms with Crippen molar-refractivity contribution in [3.63, 3.8) is 0 Å². The molecule has 126 valence electrons. The number of hydrogen-bond acceptors (Lipinski definition) is 1. The number of hydrogen-bond donors (Lipinski definition) is 0. The highest BCUT2D eigenvalue weighted by molar-refractivity contribution is 5.85. The van der Waals surface area contributed by atoms with Gasteiger partial charge in [0, 0.05) is 11.3 Å². The Morgan fingerprint density at radius 1 is 0.885 bits per heavy atom. The fourth-order valence-corrected chi connectivity index (χ4v) is 3.71. The highest BCUT2D eigenvalue weighted by Gasteiger charge is 2.19. The van der Waals surface area contributed by atoms with E-state index < -0.39 is 0 Å². The van der Waals surface area contributed by atoms with Gasteiger partial charge in [-0.1, -0.05) is 48.5 Å². The molecule has 26 heavy (non-hydrogen) atoms. The van der Waals surface area contributed by atoms with Crippen molar-refractivity contribution in [2.45, 2.75) is 20.8 Å². The van der Waals surface area contributed by atoms with E-state index in [1.807, 2.05) is 50.2 Å². The highest BCUT2D eigenvalue weighted by Crippen LogP contribution is 2.36. The summed E-state index contributed by atoms with van der Waals surface area (Å²) in [6.07, 6.45) is 0.